The van der Waals surface area contributed by atoms with Crippen LogP contribution in [0, 0.1) is 6.92 Å². The van der Waals surface area contributed by atoms with Crippen molar-refractivity contribution >= 4 is 29.1 Å². The van der Waals surface area contributed by atoms with Crippen LogP contribution in [-0.2, 0) is 7.05 Å². The SMILES string of the molecule is CCNC(=O)c1ccc(NC(=O)c2cc(Cl)cn2C)c(C)c1. The number of nitrogens with zero attached hydrogens (tertiary/aromatic N) is 1. The third-order valence-electron chi connectivity index (χ3n) is 3.28. The highest BCUT2D eigenvalue weighted by atomic mass is 35.5. The van der Waals surface area contributed by atoms with Crippen LogP contribution in [0.2, 0.25) is 5.02 Å². The van der Waals surface area contributed by atoms with E-state index in [4.69, 9.17) is 11.6 Å². The number of halogens is 1. The van der Waals surface area contributed by atoms with Crippen molar-refractivity contribution in [2.75, 3.05) is 11.9 Å². The third-order valence-corrected chi connectivity index (χ3v) is 3.49. The predicted octanol–water partition coefficient (Wildman–Crippen LogP) is 2.99. The summed E-state index contributed by atoms with van der Waals surface area (Å²) in [5, 5.41) is 6.08. The molecule has 0 aliphatic heterocycles. The van der Waals surface area contributed by atoms with Crippen molar-refractivity contribution in [2.45, 2.75) is 13.8 Å². The van der Waals surface area contributed by atoms with Crippen LogP contribution in [0.15, 0.2) is 30.5 Å². The summed E-state index contributed by atoms with van der Waals surface area (Å²) in [6.45, 7) is 4.28. The number of carbonyl (C=O) groups excluding carboxylic acids is 2. The molecule has 0 atom stereocenters. The molecule has 6 heteroatoms. The van der Waals surface area contributed by atoms with Crippen molar-refractivity contribution in [2.24, 2.45) is 7.05 Å². The Morgan fingerprint density at radius 2 is 1.95 bits per heavy atom. The largest absolute Gasteiger partial charge is 0.352 e. The minimum absolute atomic E-state index is 0.127. The normalized spacial score (nSPS) is 10.4. The Bertz CT molecular complexity index is 722. The molecule has 0 radical (unpaired) electrons. The molecule has 2 amide bonds. The predicted molar refractivity (Wildman–Crippen MR) is 87.6 cm³/mol. The second-order valence-corrected chi connectivity index (χ2v) is 5.43. The van der Waals surface area contributed by atoms with Gasteiger partial charge in [-0.15, -0.1) is 0 Å². The average Bonchev–Trinajstić information content (AvgIpc) is 2.80. The van der Waals surface area contributed by atoms with Gasteiger partial charge in [0.1, 0.15) is 5.69 Å². The molecule has 1 aromatic heterocycles. The first-order chi connectivity index (χ1) is 10.4. The number of aryl methyl sites for hydroxylation is 2. The summed E-state index contributed by atoms with van der Waals surface area (Å²) in [7, 11) is 1.76. The molecule has 116 valence electrons. The van der Waals surface area contributed by atoms with Gasteiger partial charge in [0, 0.05) is 31.0 Å². The van der Waals surface area contributed by atoms with E-state index in [0.717, 1.165) is 5.56 Å². The van der Waals surface area contributed by atoms with E-state index in [0.29, 0.717) is 28.5 Å². The molecule has 1 aromatic carbocycles. The number of rotatable bonds is 4. The molecule has 0 spiro atoms. The van der Waals surface area contributed by atoms with Crippen LogP contribution < -0.4 is 10.6 Å². The summed E-state index contributed by atoms with van der Waals surface area (Å²) < 4.78 is 1.66. The molecule has 0 fully saturated rings. The van der Waals surface area contributed by atoms with E-state index in [1.165, 1.54) is 0 Å². The van der Waals surface area contributed by atoms with Gasteiger partial charge in [0.25, 0.3) is 11.8 Å². The van der Waals surface area contributed by atoms with Gasteiger partial charge in [0.15, 0.2) is 0 Å². The quantitative estimate of drug-likeness (QED) is 0.910. The van der Waals surface area contributed by atoms with Crippen LogP contribution in [0.3, 0.4) is 0 Å². The molecule has 2 aromatic rings. The lowest BCUT2D eigenvalue weighted by Gasteiger charge is -2.10. The van der Waals surface area contributed by atoms with E-state index in [2.05, 4.69) is 10.6 Å². The van der Waals surface area contributed by atoms with Crippen LogP contribution in [0.25, 0.3) is 0 Å². The van der Waals surface area contributed by atoms with Gasteiger partial charge in [-0.05, 0) is 43.7 Å². The molecule has 0 saturated carbocycles. The minimum Gasteiger partial charge on any atom is -0.352 e. The first-order valence-corrected chi connectivity index (χ1v) is 7.32. The lowest BCUT2D eigenvalue weighted by Crippen LogP contribution is -2.23. The summed E-state index contributed by atoms with van der Waals surface area (Å²) in [6, 6.07) is 6.77. The Morgan fingerprint density at radius 1 is 1.23 bits per heavy atom. The first-order valence-electron chi connectivity index (χ1n) is 6.94. The number of anilines is 1. The lowest BCUT2D eigenvalue weighted by atomic mass is 10.1. The maximum absolute atomic E-state index is 12.3. The molecule has 5 nitrogen and oxygen atoms in total. The summed E-state index contributed by atoms with van der Waals surface area (Å²) in [5.74, 6) is -0.374. The van der Waals surface area contributed by atoms with Crippen molar-refractivity contribution in [3.8, 4) is 0 Å². The molecule has 0 unspecified atom stereocenters. The summed E-state index contributed by atoms with van der Waals surface area (Å²) in [4.78, 5) is 24.0. The zero-order chi connectivity index (χ0) is 16.3. The zero-order valence-electron chi connectivity index (χ0n) is 12.7. The Labute approximate surface area is 134 Å². The van der Waals surface area contributed by atoms with Gasteiger partial charge in [0.05, 0.1) is 5.02 Å². The van der Waals surface area contributed by atoms with Crippen LogP contribution in [0.4, 0.5) is 5.69 Å². The van der Waals surface area contributed by atoms with Crippen molar-refractivity contribution in [1.29, 1.82) is 0 Å². The number of carbonyl (C=O) groups is 2. The summed E-state index contributed by atoms with van der Waals surface area (Å²) >= 11 is 5.88. The van der Waals surface area contributed by atoms with Crippen molar-refractivity contribution in [3.05, 3.63) is 52.3 Å². The fraction of sp³-hybridized carbons (Fsp3) is 0.250. The molecule has 0 aliphatic rings. The van der Waals surface area contributed by atoms with Gasteiger partial charge >= 0.3 is 0 Å². The number of hydrogen-bond acceptors (Lipinski definition) is 2. The second kappa shape index (κ2) is 6.66. The lowest BCUT2D eigenvalue weighted by molar-refractivity contribution is 0.0955. The van der Waals surface area contributed by atoms with Gasteiger partial charge in [-0.3, -0.25) is 9.59 Å². The van der Waals surface area contributed by atoms with Crippen LogP contribution in [-0.4, -0.2) is 22.9 Å². The van der Waals surface area contributed by atoms with E-state index in [1.807, 2.05) is 13.8 Å². The molecular formula is C16H18ClN3O2. The van der Waals surface area contributed by atoms with Crippen LogP contribution in [0.5, 0.6) is 0 Å². The smallest absolute Gasteiger partial charge is 0.272 e. The van der Waals surface area contributed by atoms with Crippen LogP contribution >= 0.6 is 11.6 Å². The summed E-state index contributed by atoms with van der Waals surface area (Å²) in [5.41, 5.74) is 2.52. The molecule has 0 bridgehead atoms. The first kappa shape index (κ1) is 16.1. The maximum Gasteiger partial charge on any atom is 0.272 e. The highest BCUT2D eigenvalue weighted by Crippen LogP contribution is 2.19. The topological polar surface area (TPSA) is 63.1 Å². The van der Waals surface area contributed by atoms with Gasteiger partial charge in [-0.2, -0.15) is 0 Å². The number of hydrogen-bond donors (Lipinski definition) is 2. The van der Waals surface area contributed by atoms with E-state index in [-0.39, 0.29) is 11.8 Å². The number of aromatic nitrogens is 1. The highest BCUT2D eigenvalue weighted by Gasteiger charge is 2.13. The Balaban J connectivity index is 2.18. The Hall–Kier alpha value is -2.27. The van der Waals surface area contributed by atoms with Gasteiger partial charge in [0.2, 0.25) is 0 Å². The summed E-state index contributed by atoms with van der Waals surface area (Å²) in [6.07, 6.45) is 1.67. The Kier molecular flexibility index (Phi) is 4.88. The molecule has 1 heterocycles. The van der Waals surface area contributed by atoms with Gasteiger partial charge in [-0.25, -0.2) is 0 Å². The Morgan fingerprint density at radius 3 is 2.50 bits per heavy atom. The zero-order valence-corrected chi connectivity index (χ0v) is 13.5. The van der Waals surface area contributed by atoms with Crippen LogP contribution in [0.1, 0.15) is 33.3 Å². The molecular weight excluding hydrogens is 302 g/mol. The minimum atomic E-state index is -0.247. The van der Waals surface area contributed by atoms with E-state index < -0.39 is 0 Å². The fourth-order valence-electron chi connectivity index (χ4n) is 2.14. The van der Waals surface area contributed by atoms with E-state index >= 15 is 0 Å². The molecule has 0 saturated heterocycles. The maximum atomic E-state index is 12.3. The van der Waals surface area contributed by atoms with Crippen molar-refractivity contribution in [1.82, 2.24) is 9.88 Å². The van der Waals surface area contributed by atoms with E-state index in [9.17, 15) is 9.59 Å². The van der Waals surface area contributed by atoms with Crippen molar-refractivity contribution in [3.63, 3.8) is 0 Å². The number of nitrogens with one attached hydrogen (secondary N) is 2. The molecule has 0 aliphatic carbocycles. The second-order valence-electron chi connectivity index (χ2n) is 5.00. The third kappa shape index (κ3) is 3.49. The number of amides is 2. The fourth-order valence-corrected chi connectivity index (χ4v) is 2.39. The van der Waals surface area contributed by atoms with Crippen molar-refractivity contribution < 1.29 is 9.59 Å². The average molecular weight is 320 g/mol. The standard InChI is InChI=1S/C16H18ClN3O2/c1-4-18-15(21)11-5-6-13(10(2)7-11)19-16(22)14-8-12(17)9-20(14)3/h5-9H,4H2,1-3H3,(H,18,21)(H,19,22). The van der Waals surface area contributed by atoms with Gasteiger partial charge in [-0.1, -0.05) is 11.6 Å². The van der Waals surface area contributed by atoms with E-state index in [1.54, 1.807) is 42.1 Å². The number of benzene rings is 1. The molecule has 2 N–H and O–H groups in total. The molecule has 2 rings (SSSR count). The van der Waals surface area contributed by atoms with Gasteiger partial charge < -0.3 is 15.2 Å². The molecule has 22 heavy (non-hydrogen) atoms. The monoisotopic (exact) mass is 319 g/mol. The highest BCUT2D eigenvalue weighted by molar-refractivity contribution is 6.31.